The van der Waals surface area contributed by atoms with Crippen LogP contribution < -0.4 is 10.6 Å². The Morgan fingerprint density at radius 1 is 1.22 bits per heavy atom. The van der Waals surface area contributed by atoms with Crippen LogP contribution in [-0.2, 0) is 6.42 Å². The fourth-order valence-corrected chi connectivity index (χ4v) is 3.17. The summed E-state index contributed by atoms with van der Waals surface area (Å²) in [4.78, 5) is 13.3. The molecule has 5 heteroatoms. The third-order valence-electron chi connectivity index (χ3n) is 4.30. The molecule has 0 aromatic carbocycles. The Hall–Kier alpha value is -2.01. The Morgan fingerprint density at radius 2 is 1.96 bits per heavy atom. The molecule has 23 heavy (non-hydrogen) atoms. The first kappa shape index (κ1) is 15.9. The molecule has 122 valence electrons. The third kappa shape index (κ3) is 4.48. The van der Waals surface area contributed by atoms with E-state index in [0.717, 1.165) is 44.0 Å². The number of aromatic nitrogens is 3. The zero-order valence-electron chi connectivity index (χ0n) is 13.9. The highest BCUT2D eigenvalue weighted by molar-refractivity contribution is 5.38. The lowest BCUT2D eigenvalue weighted by Crippen LogP contribution is -2.27. The minimum atomic E-state index is 0.313. The summed E-state index contributed by atoms with van der Waals surface area (Å²) < 4.78 is 0. The average Bonchev–Trinajstić information content (AvgIpc) is 2.56. The fraction of sp³-hybridized carbons (Fsp3) is 0.500. The molecule has 1 aliphatic rings. The first-order chi connectivity index (χ1) is 11.2. The van der Waals surface area contributed by atoms with Crippen LogP contribution in [-0.4, -0.2) is 34.1 Å². The topological polar surface area (TPSA) is 62.7 Å². The van der Waals surface area contributed by atoms with Gasteiger partial charge in [0.25, 0.3) is 0 Å². The SMILES string of the molecule is Cc1nc(N[C@H](C)Cc2ccncc2)cc(C2CCNCC2)n1. The molecule has 5 nitrogen and oxygen atoms in total. The van der Waals surface area contributed by atoms with Crippen LogP contribution in [0.25, 0.3) is 0 Å². The first-order valence-electron chi connectivity index (χ1n) is 8.42. The van der Waals surface area contributed by atoms with Gasteiger partial charge in [0.05, 0.1) is 0 Å². The smallest absolute Gasteiger partial charge is 0.130 e. The number of anilines is 1. The Kier molecular flexibility index (Phi) is 5.18. The van der Waals surface area contributed by atoms with Crippen molar-refractivity contribution < 1.29 is 0 Å². The Labute approximate surface area is 138 Å². The molecule has 3 rings (SSSR count). The van der Waals surface area contributed by atoms with Gasteiger partial charge in [-0.15, -0.1) is 0 Å². The summed E-state index contributed by atoms with van der Waals surface area (Å²) in [5.74, 6) is 2.33. The number of piperidine rings is 1. The minimum absolute atomic E-state index is 0.313. The number of hydrogen-bond acceptors (Lipinski definition) is 5. The standard InChI is InChI=1S/C18H25N5/c1-13(11-15-3-7-19-8-4-15)21-18-12-17(22-14(2)23-18)16-5-9-20-10-6-16/h3-4,7-8,12-13,16,20H,5-6,9-11H2,1-2H3,(H,21,22,23)/t13-/m1/s1. The highest BCUT2D eigenvalue weighted by Gasteiger charge is 2.18. The molecule has 0 aliphatic carbocycles. The predicted octanol–water partition coefficient (Wildman–Crippen LogP) is 2.69. The van der Waals surface area contributed by atoms with Gasteiger partial charge in [0.15, 0.2) is 0 Å². The van der Waals surface area contributed by atoms with Crippen LogP contribution >= 0.6 is 0 Å². The molecule has 3 heterocycles. The second-order valence-electron chi connectivity index (χ2n) is 6.35. The lowest BCUT2D eigenvalue weighted by Gasteiger charge is -2.23. The molecule has 0 amide bonds. The largest absolute Gasteiger partial charge is 0.367 e. The van der Waals surface area contributed by atoms with Gasteiger partial charge in [-0.05, 0) is 63.9 Å². The van der Waals surface area contributed by atoms with Crippen molar-refractivity contribution in [3.8, 4) is 0 Å². The zero-order valence-corrected chi connectivity index (χ0v) is 13.9. The van der Waals surface area contributed by atoms with Crippen LogP contribution in [0, 0.1) is 6.92 Å². The van der Waals surface area contributed by atoms with E-state index in [1.165, 1.54) is 11.3 Å². The van der Waals surface area contributed by atoms with Crippen molar-refractivity contribution in [2.45, 2.75) is 45.1 Å². The van der Waals surface area contributed by atoms with Crippen LogP contribution in [0.1, 0.15) is 42.8 Å². The quantitative estimate of drug-likeness (QED) is 0.889. The molecule has 1 aliphatic heterocycles. The second kappa shape index (κ2) is 7.51. The molecule has 1 saturated heterocycles. The molecule has 2 aromatic heterocycles. The average molecular weight is 311 g/mol. The zero-order chi connectivity index (χ0) is 16.1. The summed E-state index contributed by atoms with van der Waals surface area (Å²) in [6.45, 7) is 6.31. The van der Waals surface area contributed by atoms with E-state index in [1.54, 1.807) is 0 Å². The second-order valence-corrected chi connectivity index (χ2v) is 6.35. The summed E-state index contributed by atoms with van der Waals surface area (Å²) in [5.41, 5.74) is 2.46. The summed E-state index contributed by atoms with van der Waals surface area (Å²) >= 11 is 0. The van der Waals surface area contributed by atoms with E-state index >= 15 is 0 Å². The molecule has 0 saturated carbocycles. The van der Waals surface area contributed by atoms with Gasteiger partial charge in [-0.25, -0.2) is 9.97 Å². The van der Waals surface area contributed by atoms with Crippen molar-refractivity contribution in [2.75, 3.05) is 18.4 Å². The van der Waals surface area contributed by atoms with Gasteiger partial charge in [-0.2, -0.15) is 0 Å². The lowest BCUT2D eigenvalue weighted by molar-refractivity contribution is 0.452. The highest BCUT2D eigenvalue weighted by atomic mass is 15.0. The van der Waals surface area contributed by atoms with Crippen LogP contribution in [0.15, 0.2) is 30.6 Å². The number of nitrogens with zero attached hydrogens (tertiary/aromatic N) is 3. The molecule has 2 aromatic rings. The Balaban J connectivity index is 1.68. The van der Waals surface area contributed by atoms with Gasteiger partial charge in [0, 0.05) is 36.1 Å². The normalized spacial score (nSPS) is 17.0. The summed E-state index contributed by atoms with van der Waals surface area (Å²) in [6.07, 6.45) is 6.94. The van der Waals surface area contributed by atoms with Crippen LogP contribution in [0.2, 0.25) is 0 Å². The van der Waals surface area contributed by atoms with Gasteiger partial charge in [0.1, 0.15) is 11.6 Å². The molecule has 0 bridgehead atoms. The van der Waals surface area contributed by atoms with Gasteiger partial charge >= 0.3 is 0 Å². The van der Waals surface area contributed by atoms with Crippen molar-refractivity contribution in [1.82, 2.24) is 20.3 Å². The number of aryl methyl sites for hydroxylation is 1. The third-order valence-corrected chi connectivity index (χ3v) is 4.30. The van der Waals surface area contributed by atoms with Crippen molar-refractivity contribution in [3.05, 3.63) is 47.7 Å². The van der Waals surface area contributed by atoms with Crippen molar-refractivity contribution in [1.29, 1.82) is 0 Å². The highest BCUT2D eigenvalue weighted by Crippen LogP contribution is 2.25. The first-order valence-corrected chi connectivity index (χ1v) is 8.42. The molecule has 1 fully saturated rings. The molecule has 0 spiro atoms. The van der Waals surface area contributed by atoms with Crippen LogP contribution in [0.3, 0.4) is 0 Å². The van der Waals surface area contributed by atoms with E-state index in [-0.39, 0.29) is 0 Å². The lowest BCUT2D eigenvalue weighted by atomic mass is 9.94. The molecular weight excluding hydrogens is 286 g/mol. The Morgan fingerprint density at radius 3 is 2.70 bits per heavy atom. The maximum absolute atomic E-state index is 4.66. The fourth-order valence-electron chi connectivity index (χ4n) is 3.17. The van der Waals surface area contributed by atoms with Gasteiger partial charge in [0.2, 0.25) is 0 Å². The summed E-state index contributed by atoms with van der Waals surface area (Å²) in [5, 5.41) is 6.93. The maximum Gasteiger partial charge on any atom is 0.130 e. The van der Waals surface area contributed by atoms with Gasteiger partial charge in [-0.1, -0.05) is 0 Å². The van der Waals surface area contributed by atoms with Crippen molar-refractivity contribution in [2.24, 2.45) is 0 Å². The molecule has 0 radical (unpaired) electrons. The minimum Gasteiger partial charge on any atom is -0.367 e. The number of pyridine rings is 1. The molecule has 1 atom stereocenters. The van der Waals surface area contributed by atoms with Crippen molar-refractivity contribution in [3.63, 3.8) is 0 Å². The van der Waals surface area contributed by atoms with Gasteiger partial charge in [-0.3, -0.25) is 4.98 Å². The van der Waals surface area contributed by atoms with Gasteiger partial charge < -0.3 is 10.6 Å². The molecular formula is C18H25N5. The number of rotatable bonds is 5. The molecule has 2 N–H and O–H groups in total. The summed E-state index contributed by atoms with van der Waals surface area (Å²) in [7, 11) is 0. The number of nitrogens with one attached hydrogen (secondary N) is 2. The van der Waals surface area contributed by atoms with E-state index in [2.05, 4.69) is 50.7 Å². The Bertz CT molecular complexity index is 623. The molecule has 0 unspecified atom stereocenters. The predicted molar refractivity (Wildman–Crippen MR) is 92.6 cm³/mol. The summed E-state index contributed by atoms with van der Waals surface area (Å²) in [6, 6.07) is 6.56. The van der Waals surface area contributed by atoms with E-state index in [9.17, 15) is 0 Å². The van der Waals surface area contributed by atoms with Crippen LogP contribution in [0.4, 0.5) is 5.82 Å². The number of hydrogen-bond donors (Lipinski definition) is 2. The van der Waals surface area contributed by atoms with E-state index in [0.29, 0.717) is 12.0 Å². The maximum atomic E-state index is 4.66. The van der Waals surface area contributed by atoms with Crippen LogP contribution in [0.5, 0.6) is 0 Å². The van der Waals surface area contributed by atoms with E-state index in [4.69, 9.17) is 0 Å². The van der Waals surface area contributed by atoms with E-state index in [1.807, 2.05) is 19.3 Å². The van der Waals surface area contributed by atoms with E-state index < -0.39 is 0 Å². The van der Waals surface area contributed by atoms with Crippen molar-refractivity contribution >= 4 is 5.82 Å². The monoisotopic (exact) mass is 311 g/mol.